The van der Waals surface area contributed by atoms with Gasteiger partial charge in [-0.3, -0.25) is 9.59 Å². The Labute approximate surface area is 111 Å². The second kappa shape index (κ2) is 4.08. The highest BCUT2D eigenvalue weighted by atomic mass is 16.5. The molecule has 0 saturated heterocycles. The first-order chi connectivity index (χ1) is 9.15. The highest BCUT2D eigenvalue weighted by Crippen LogP contribution is 2.63. The van der Waals surface area contributed by atoms with Gasteiger partial charge in [-0.25, -0.2) is 0 Å². The highest BCUT2D eigenvalue weighted by molar-refractivity contribution is 6.02. The third-order valence-corrected chi connectivity index (χ3v) is 4.59. The summed E-state index contributed by atoms with van der Waals surface area (Å²) in [6.07, 6.45) is 1.32. The fraction of sp³-hybridized carbons (Fsp3) is 0.467. The zero-order chi connectivity index (χ0) is 13.6. The SMILES string of the molecule is COC(=O)C1(C(=O)OC)C[C@H]2C[C@@H]1c1ccccc12. The molecule has 0 unspecified atom stereocenters. The van der Waals surface area contributed by atoms with E-state index in [4.69, 9.17) is 9.47 Å². The van der Waals surface area contributed by atoms with E-state index in [2.05, 4.69) is 6.07 Å². The molecule has 0 amide bonds. The lowest BCUT2D eigenvalue weighted by Crippen LogP contribution is -2.44. The number of fused-ring (bicyclic) bond motifs is 5. The van der Waals surface area contributed by atoms with Crippen LogP contribution in [0.1, 0.15) is 35.8 Å². The van der Waals surface area contributed by atoms with E-state index in [1.54, 1.807) is 0 Å². The number of hydrogen-bond acceptors (Lipinski definition) is 4. The molecular formula is C15H16O4. The van der Waals surface area contributed by atoms with Gasteiger partial charge >= 0.3 is 11.9 Å². The maximum absolute atomic E-state index is 12.2. The predicted octanol–water partition coefficient (Wildman–Crippen LogP) is 1.99. The fourth-order valence-corrected chi connectivity index (χ4v) is 3.83. The number of carbonyl (C=O) groups excluding carboxylic acids is 2. The van der Waals surface area contributed by atoms with Gasteiger partial charge < -0.3 is 9.47 Å². The molecule has 100 valence electrons. The minimum Gasteiger partial charge on any atom is -0.468 e. The lowest BCUT2D eigenvalue weighted by molar-refractivity contribution is -0.170. The largest absolute Gasteiger partial charge is 0.468 e. The summed E-state index contributed by atoms with van der Waals surface area (Å²) in [6, 6.07) is 8.02. The first-order valence-electron chi connectivity index (χ1n) is 6.40. The maximum atomic E-state index is 12.2. The molecule has 0 aromatic heterocycles. The second-order valence-corrected chi connectivity index (χ2v) is 5.27. The molecule has 0 radical (unpaired) electrons. The van der Waals surface area contributed by atoms with Gasteiger partial charge in [0.2, 0.25) is 0 Å². The van der Waals surface area contributed by atoms with E-state index < -0.39 is 17.4 Å². The molecule has 1 aromatic rings. The van der Waals surface area contributed by atoms with E-state index in [1.807, 2.05) is 18.2 Å². The van der Waals surface area contributed by atoms with Crippen LogP contribution >= 0.6 is 0 Å². The van der Waals surface area contributed by atoms with Crippen molar-refractivity contribution in [3.63, 3.8) is 0 Å². The Kier molecular flexibility index (Phi) is 2.62. The lowest BCUT2D eigenvalue weighted by atomic mass is 9.70. The standard InChI is InChI=1S/C15H16O4/c1-18-13(16)15(14(17)19-2)8-9-7-12(15)11-6-4-3-5-10(9)11/h3-6,9,12H,7-8H2,1-2H3/t9-,12-/m1/s1. The van der Waals surface area contributed by atoms with Gasteiger partial charge in [0.05, 0.1) is 14.2 Å². The number of benzene rings is 1. The zero-order valence-electron chi connectivity index (χ0n) is 11.0. The van der Waals surface area contributed by atoms with Crippen molar-refractivity contribution in [2.75, 3.05) is 14.2 Å². The third-order valence-electron chi connectivity index (χ3n) is 4.59. The van der Waals surface area contributed by atoms with Crippen molar-refractivity contribution in [2.45, 2.75) is 24.7 Å². The van der Waals surface area contributed by atoms with E-state index in [0.717, 1.165) is 12.0 Å². The van der Waals surface area contributed by atoms with E-state index in [9.17, 15) is 9.59 Å². The van der Waals surface area contributed by atoms with Crippen LogP contribution in [0.3, 0.4) is 0 Å². The van der Waals surface area contributed by atoms with Gasteiger partial charge in [0, 0.05) is 5.92 Å². The van der Waals surface area contributed by atoms with Crippen LogP contribution in [0, 0.1) is 5.41 Å². The molecule has 1 saturated carbocycles. The minimum absolute atomic E-state index is 0.117. The molecule has 1 aromatic carbocycles. The lowest BCUT2D eigenvalue weighted by Gasteiger charge is -2.33. The third kappa shape index (κ3) is 1.40. The molecule has 2 bridgehead atoms. The van der Waals surface area contributed by atoms with Crippen molar-refractivity contribution >= 4 is 11.9 Å². The van der Waals surface area contributed by atoms with Gasteiger partial charge in [-0.1, -0.05) is 24.3 Å². The molecule has 0 aliphatic heterocycles. The fourth-order valence-electron chi connectivity index (χ4n) is 3.83. The Bertz CT molecular complexity index is 533. The van der Waals surface area contributed by atoms with Crippen molar-refractivity contribution in [1.82, 2.24) is 0 Å². The number of hydrogen-bond donors (Lipinski definition) is 0. The first-order valence-corrected chi connectivity index (χ1v) is 6.40. The average Bonchev–Trinajstić information content (AvgIpc) is 3.03. The Hall–Kier alpha value is -1.84. The second-order valence-electron chi connectivity index (χ2n) is 5.27. The normalized spacial score (nSPS) is 25.8. The Morgan fingerprint density at radius 1 is 1.11 bits per heavy atom. The van der Waals surface area contributed by atoms with E-state index in [-0.39, 0.29) is 11.8 Å². The molecule has 2 aliphatic rings. The summed E-state index contributed by atoms with van der Waals surface area (Å²) in [5.74, 6) is -0.810. The van der Waals surface area contributed by atoms with Crippen LogP contribution < -0.4 is 0 Å². The van der Waals surface area contributed by atoms with Crippen LogP contribution in [-0.4, -0.2) is 26.2 Å². The highest BCUT2D eigenvalue weighted by Gasteiger charge is 2.64. The topological polar surface area (TPSA) is 52.6 Å². The predicted molar refractivity (Wildman–Crippen MR) is 67.6 cm³/mol. The number of esters is 2. The van der Waals surface area contributed by atoms with Gasteiger partial charge in [-0.2, -0.15) is 0 Å². The summed E-state index contributed by atoms with van der Waals surface area (Å²) in [6.45, 7) is 0. The van der Waals surface area contributed by atoms with Gasteiger partial charge in [-0.15, -0.1) is 0 Å². The maximum Gasteiger partial charge on any atom is 0.323 e. The molecule has 4 heteroatoms. The number of rotatable bonds is 2. The smallest absolute Gasteiger partial charge is 0.323 e. The van der Waals surface area contributed by atoms with Crippen LogP contribution in [0.25, 0.3) is 0 Å². The molecule has 0 N–H and O–H groups in total. The van der Waals surface area contributed by atoms with Gasteiger partial charge in [-0.05, 0) is 29.9 Å². The van der Waals surface area contributed by atoms with Crippen molar-refractivity contribution in [3.8, 4) is 0 Å². The van der Waals surface area contributed by atoms with Crippen LogP contribution in [0.5, 0.6) is 0 Å². The molecule has 19 heavy (non-hydrogen) atoms. The van der Waals surface area contributed by atoms with Gasteiger partial charge in [0.25, 0.3) is 0 Å². The van der Waals surface area contributed by atoms with Crippen molar-refractivity contribution < 1.29 is 19.1 Å². The zero-order valence-corrected chi connectivity index (χ0v) is 11.0. The molecule has 0 heterocycles. The number of carbonyl (C=O) groups is 2. The molecule has 2 aliphatic carbocycles. The summed E-state index contributed by atoms with van der Waals surface area (Å²) in [5, 5.41) is 0. The van der Waals surface area contributed by atoms with Gasteiger partial charge in [0.15, 0.2) is 5.41 Å². The van der Waals surface area contributed by atoms with Crippen molar-refractivity contribution in [2.24, 2.45) is 5.41 Å². The quantitative estimate of drug-likeness (QED) is 0.603. The summed E-state index contributed by atoms with van der Waals surface area (Å²) >= 11 is 0. The summed E-state index contributed by atoms with van der Waals surface area (Å²) < 4.78 is 9.78. The monoisotopic (exact) mass is 260 g/mol. The summed E-state index contributed by atoms with van der Waals surface area (Å²) in [5.41, 5.74) is 1.20. The molecule has 0 spiro atoms. The van der Waals surface area contributed by atoms with Crippen LogP contribution in [0.2, 0.25) is 0 Å². The van der Waals surface area contributed by atoms with Crippen molar-refractivity contribution in [3.05, 3.63) is 35.4 Å². The summed E-state index contributed by atoms with van der Waals surface area (Å²) in [4.78, 5) is 24.4. The summed E-state index contributed by atoms with van der Waals surface area (Å²) in [7, 11) is 2.65. The first kappa shape index (κ1) is 12.2. The Morgan fingerprint density at radius 2 is 1.68 bits per heavy atom. The van der Waals surface area contributed by atoms with Crippen molar-refractivity contribution in [1.29, 1.82) is 0 Å². The Morgan fingerprint density at radius 3 is 2.26 bits per heavy atom. The number of methoxy groups -OCH3 is 2. The molecule has 1 fully saturated rings. The Balaban J connectivity index is 2.12. The van der Waals surface area contributed by atoms with Crippen LogP contribution in [0.15, 0.2) is 24.3 Å². The van der Waals surface area contributed by atoms with E-state index in [0.29, 0.717) is 6.42 Å². The molecule has 2 atom stereocenters. The number of ether oxygens (including phenoxy) is 2. The molecule has 3 rings (SSSR count). The van der Waals surface area contributed by atoms with Gasteiger partial charge in [0.1, 0.15) is 0 Å². The average molecular weight is 260 g/mol. The minimum atomic E-state index is -1.15. The van der Waals surface area contributed by atoms with Crippen LogP contribution in [0.4, 0.5) is 0 Å². The molecular weight excluding hydrogens is 244 g/mol. The van der Waals surface area contributed by atoms with Crippen LogP contribution in [-0.2, 0) is 19.1 Å². The van der Waals surface area contributed by atoms with E-state index in [1.165, 1.54) is 19.8 Å². The van der Waals surface area contributed by atoms with E-state index >= 15 is 0 Å². The molecule has 4 nitrogen and oxygen atoms in total.